The zero-order chi connectivity index (χ0) is 19.9. The zero-order valence-corrected chi connectivity index (χ0v) is 17.4. The third-order valence-corrected chi connectivity index (χ3v) is 6.17. The van der Waals surface area contributed by atoms with Crippen molar-refractivity contribution in [3.8, 4) is 0 Å². The van der Waals surface area contributed by atoms with Crippen molar-refractivity contribution in [2.24, 2.45) is 0 Å². The van der Waals surface area contributed by atoms with Gasteiger partial charge in [0.25, 0.3) is 5.91 Å². The van der Waals surface area contributed by atoms with Crippen molar-refractivity contribution < 1.29 is 4.79 Å². The highest BCUT2D eigenvalue weighted by Gasteiger charge is 2.12. The Hall–Kier alpha value is -2.33. The fourth-order valence-electron chi connectivity index (χ4n) is 4.42. The third-order valence-electron chi connectivity index (χ3n) is 6.17. The summed E-state index contributed by atoms with van der Waals surface area (Å²) in [4.78, 5) is 17.6. The molecule has 2 saturated heterocycles. The first kappa shape index (κ1) is 20.0. The second-order valence-corrected chi connectivity index (χ2v) is 8.44. The van der Waals surface area contributed by atoms with Crippen LogP contribution in [0.4, 0.5) is 11.4 Å². The molecule has 0 radical (unpaired) electrons. The van der Waals surface area contributed by atoms with E-state index in [-0.39, 0.29) is 5.91 Å². The van der Waals surface area contributed by atoms with E-state index in [1.54, 1.807) is 0 Å². The summed E-state index contributed by atoms with van der Waals surface area (Å²) < 4.78 is 0. The highest BCUT2D eigenvalue weighted by Crippen LogP contribution is 2.22. The Labute approximate surface area is 174 Å². The molecular formula is C25H33N3O. The molecule has 0 aliphatic carbocycles. The van der Waals surface area contributed by atoms with Gasteiger partial charge in [-0.3, -0.25) is 9.69 Å². The van der Waals surface area contributed by atoms with Gasteiger partial charge in [-0.25, -0.2) is 0 Å². The number of amides is 1. The van der Waals surface area contributed by atoms with Gasteiger partial charge in [-0.15, -0.1) is 0 Å². The van der Waals surface area contributed by atoms with Crippen LogP contribution in [0.15, 0.2) is 48.5 Å². The molecule has 2 aromatic carbocycles. The molecule has 0 spiro atoms. The maximum atomic E-state index is 12.6. The van der Waals surface area contributed by atoms with Crippen molar-refractivity contribution in [2.45, 2.75) is 51.5 Å². The minimum absolute atomic E-state index is 0.0444. The monoisotopic (exact) mass is 391 g/mol. The van der Waals surface area contributed by atoms with E-state index in [1.807, 2.05) is 24.3 Å². The van der Waals surface area contributed by atoms with E-state index < -0.39 is 0 Å². The van der Waals surface area contributed by atoms with Crippen LogP contribution in [0.5, 0.6) is 0 Å². The summed E-state index contributed by atoms with van der Waals surface area (Å²) in [5.41, 5.74) is 4.10. The Morgan fingerprint density at radius 1 is 0.724 bits per heavy atom. The quantitative estimate of drug-likeness (QED) is 0.751. The molecule has 4 nitrogen and oxygen atoms in total. The Morgan fingerprint density at radius 2 is 1.31 bits per heavy atom. The topological polar surface area (TPSA) is 35.6 Å². The minimum Gasteiger partial charge on any atom is -0.372 e. The number of likely N-dealkylation sites (tertiary alicyclic amines) is 1. The number of piperidine rings is 1. The molecule has 1 amide bonds. The Morgan fingerprint density at radius 3 is 1.97 bits per heavy atom. The number of hydrogen-bond donors (Lipinski definition) is 1. The number of benzene rings is 2. The van der Waals surface area contributed by atoms with Crippen LogP contribution >= 0.6 is 0 Å². The maximum Gasteiger partial charge on any atom is 0.255 e. The van der Waals surface area contributed by atoms with Gasteiger partial charge >= 0.3 is 0 Å². The molecule has 2 aromatic rings. The zero-order valence-electron chi connectivity index (χ0n) is 17.4. The van der Waals surface area contributed by atoms with Gasteiger partial charge in [0.15, 0.2) is 0 Å². The molecule has 4 rings (SSSR count). The molecule has 0 aromatic heterocycles. The lowest BCUT2D eigenvalue weighted by Gasteiger charge is -2.28. The molecule has 2 aliphatic heterocycles. The summed E-state index contributed by atoms with van der Waals surface area (Å²) in [6, 6.07) is 16.3. The number of rotatable bonds is 5. The molecule has 1 N–H and O–H groups in total. The van der Waals surface area contributed by atoms with Crippen LogP contribution in [0.2, 0.25) is 0 Å². The van der Waals surface area contributed by atoms with Gasteiger partial charge < -0.3 is 10.2 Å². The molecule has 0 saturated carbocycles. The van der Waals surface area contributed by atoms with E-state index in [1.165, 1.54) is 69.3 Å². The highest BCUT2D eigenvalue weighted by atomic mass is 16.1. The summed E-state index contributed by atoms with van der Waals surface area (Å²) >= 11 is 0. The van der Waals surface area contributed by atoms with Gasteiger partial charge in [0.2, 0.25) is 0 Å². The molecule has 2 heterocycles. The van der Waals surface area contributed by atoms with Gasteiger partial charge in [0.1, 0.15) is 0 Å². The summed E-state index contributed by atoms with van der Waals surface area (Å²) in [7, 11) is 0. The maximum absolute atomic E-state index is 12.6. The van der Waals surface area contributed by atoms with Crippen molar-refractivity contribution >= 4 is 17.3 Å². The van der Waals surface area contributed by atoms with Crippen LogP contribution < -0.4 is 10.2 Å². The van der Waals surface area contributed by atoms with E-state index in [0.29, 0.717) is 5.56 Å². The average molecular weight is 392 g/mol. The first-order valence-corrected chi connectivity index (χ1v) is 11.3. The molecule has 0 atom stereocenters. The van der Waals surface area contributed by atoms with Gasteiger partial charge in [-0.1, -0.05) is 25.0 Å². The second kappa shape index (κ2) is 9.93. The van der Waals surface area contributed by atoms with Crippen LogP contribution in [0.25, 0.3) is 0 Å². The van der Waals surface area contributed by atoms with Crippen LogP contribution in [0, 0.1) is 0 Å². The number of nitrogens with one attached hydrogen (secondary N) is 1. The van der Waals surface area contributed by atoms with Crippen LogP contribution in [0.1, 0.15) is 60.9 Å². The normalized spacial score (nSPS) is 18.3. The fraction of sp³-hybridized carbons (Fsp3) is 0.480. The Kier molecular flexibility index (Phi) is 6.83. The number of hydrogen-bond acceptors (Lipinski definition) is 3. The highest BCUT2D eigenvalue weighted by molar-refractivity contribution is 6.04. The molecular weight excluding hydrogens is 358 g/mol. The molecule has 0 unspecified atom stereocenters. The van der Waals surface area contributed by atoms with Crippen LogP contribution in [-0.4, -0.2) is 37.0 Å². The van der Waals surface area contributed by atoms with Gasteiger partial charge in [0, 0.05) is 36.6 Å². The lowest BCUT2D eigenvalue weighted by atomic mass is 10.1. The molecule has 29 heavy (non-hydrogen) atoms. The van der Waals surface area contributed by atoms with Crippen molar-refractivity contribution in [1.82, 2.24) is 4.90 Å². The third kappa shape index (κ3) is 5.60. The average Bonchev–Trinajstić information content (AvgIpc) is 3.04. The smallest absolute Gasteiger partial charge is 0.255 e. The first-order chi connectivity index (χ1) is 14.3. The van der Waals surface area contributed by atoms with Crippen LogP contribution in [0.3, 0.4) is 0 Å². The summed E-state index contributed by atoms with van der Waals surface area (Å²) in [5.74, 6) is -0.0444. The standard InChI is InChI=1S/C25H33N3O/c29-25(26-23-12-14-24(15-13-23)28-18-6-3-7-19-28)22-10-8-21(9-11-22)20-27-16-4-1-2-5-17-27/h8-15H,1-7,16-20H2,(H,26,29). The lowest BCUT2D eigenvalue weighted by molar-refractivity contribution is 0.102. The predicted octanol–water partition coefficient (Wildman–Crippen LogP) is 5.31. The van der Waals surface area contributed by atoms with Gasteiger partial charge in [-0.2, -0.15) is 0 Å². The number of carbonyl (C=O) groups excluding carboxylic acids is 1. The number of anilines is 2. The van der Waals surface area contributed by atoms with E-state index in [2.05, 4.69) is 39.4 Å². The van der Waals surface area contributed by atoms with E-state index in [9.17, 15) is 4.79 Å². The lowest BCUT2D eigenvalue weighted by Crippen LogP contribution is -2.29. The van der Waals surface area contributed by atoms with E-state index in [4.69, 9.17) is 0 Å². The van der Waals surface area contributed by atoms with E-state index in [0.717, 1.165) is 25.3 Å². The molecule has 2 fully saturated rings. The number of nitrogens with zero attached hydrogens (tertiary/aromatic N) is 2. The molecule has 4 heteroatoms. The summed E-state index contributed by atoms with van der Waals surface area (Å²) in [6.45, 7) is 5.64. The summed E-state index contributed by atoms with van der Waals surface area (Å²) in [5, 5.41) is 3.03. The van der Waals surface area contributed by atoms with Crippen molar-refractivity contribution in [1.29, 1.82) is 0 Å². The Balaban J connectivity index is 1.32. The molecule has 2 aliphatic rings. The Bertz CT molecular complexity index is 771. The molecule has 0 bridgehead atoms. The van der Waals surface area contributed by atoms with Crippen molar-refractivity contribution in [3.63, 3.8) is 0 Å². The van der Waals surface area contributed by atoms with Crippen molar-refractivity contribution in [3.05, 3.63) is 59.7 Å². The van der Waals surface area contributed by atoms with Crippen LogP contribution in [-0.2, 0) is 6.54 Å². The largest absolute Gasteiger partial charge is 0.372 e. The SMILES string of the molecule is O=C(Nc1ccc(N2CCCCC2)cc1)c1ccc(CN2CCCCCC2)cc1. The summed E-state index contributed by atoms with van der Waals surface area (Å²) in [6.07, 6.45) is 9.19. The van der Waals surface area contributed by atoms with Crippen molar-refractivity contribution in [2.75, 3.05) is 36.4 Å². The fourth-order valence-corrected chi connectivity index (χ4v) is 4.42. The van der Waals surface area contributed by atoms with Gasteiger partial charge in [-0.05, 0) is 87.2 Å². The first-order valence-electron chi connectivity index (χ1n) is 11.3. The predicted molar refractivity (Wildman–Crippen MR) is 121 cm³/mol. The minimum atomic E-state index is -0.0444. The van der Waals surface area contributed by atoms with Gasteiger partial charge in [0.05, 0.1) is 0 Å². The number of carbonyl (C=O) groups is 1. The second-order valence-electron chi connectivity index (χ2n) is 8.44. The van der Waals surface area contributed by atoms with E-state index >= 15 is 0 Å². The molecule has 154 valence electrons.